The van der Waals surface area contributed by atoms with Crippen molar-refractivity contribution in [1.82, 2.24) is 0 Å². The van der Waals surface area contributed by atoms with Crippen LogP contribution < -0.4 is 4.90 Å². The molecule has 6 rings (SSSR count). The predicted molar refractivity (Wildman–Crippen MR) is 102 cm³/mol. The van der Waals surface area contributed by atoms with Crippen LogP contribution in [0.1, 0.15) is 28.2 Å². The highest BCUT2D eigenvalue weighted by Gasteiger charge is 2.76. The van der Waals surface area contributed by atoms with E-state index < -0.39 is 0 Å². The van der Waals surface area contributed by atoms with Crippen LogP contribution in [-0.4, -0.2) is 5.91 Å². The van der Waals surface area contributed by atoms with Crippen LogP contribution in [0.3, 0.4) is 0 Å². The first-order valence-corrected chi connectivity index (χ1v) is 9.35. The van der Waals surface area contributed by atoms with Gasteiger partial charge in [-0.2, -0.15) is 0 Å². The summed E-state index contributed by atoms with van der Waals surface area (Å²) in [6.45, 7) is 0.652. The summed E-state index contributed by atoms with van der Waals surface area (Å²) in [5.74, 6) is 1.08. The second-order valence-corrected chi connectivity index (χ2v) is 7.75. The smallest absolute Gasteiger partial charge is 0.238 e. The fourth-order valence-corrected chi connectivity index (χ4v) is 5.55. The number of amides is 1. The van der Waals surface area contributed by atoms with E-state index in [0.717, 1.165) is 12.1 Å². The Kier molecular flexibility index (Phi) is 2.67. The molecule has 3 aliphatic rings. The topological polar surface area (TPSA) is 20.3 Å². The Bertz CT molecular complexity index is 1040. The van der Waals surface area contributed by atoms with Gasteiger partial charge in [-0.25, -0.2) is 0 Å². The largest absolute Gasteiger partial charge is 0.307 e. The molecule has 0 unspecified atom stereocenters. The van der Waals surface area contributed by atoms with Crippen molar-refractivity contribution in [3.05, 3.63) is 101 Å². The van der Waals surface area contributed by atoms with Crippen molar-refractivity contribution < 1.29 is 4.79 Å². The van der Waals surface area contributed by atoms with E-state index in [9.17, 15) is 4.79 Å². The Morgan fingerprint density at radius 2 is 1.62 bits per heavy atom. The minimum Gasteiger partial charge on any atom is -0.307 e. The summed E-state index contributed by atoms with van der Waals surface area (Å²) in [6.07, 6.45) is 1.03. The van der Waals surface area contributed by atoms with Gasteiger partial charge in [-0.05, 0) is 40.7 Å². The van der Waals surface area contributed by atoms with E-state index in [0.29, 0.717) is 24.3 Å². The zero-order valence-electron chi connectivity index (χ0n) is 14.4. The molecule has 26 heavy (non-hydrogen) atoms. The summed E-state index contributed by atoms with van der Waals surface area (Å²) in [5, 5.41) is 0. The Morgan fingerprint density at radius 3 is 2.50 bits per heavy atom. The van der Waals surface area contributed by atoms with Gasteiger partial charge in [0.05, 0.1) is 12.0 Å². The fraction of sp³-hybridized carbons (Fsp3) is 0.208. The van der Waals surface area contributed by atoms with Crippen LogP contribution >= 0.6 is 0 Å². The minimum absolute atomic E-state index is 0.298. The molecule has 3 aromatic carbocycles. The Hall–Kier alpha value is -2.87. The first-order valence-electron chi connectivity index (χ1n) is 9.35. The van der Waals surface area contributed by atoms with Crippen molar-refractivity contribution in [2.75, 3.05) is 4.90 Å². The summed E-state index contributed by atoms with van der Waals surface area (Å²) in [4.78, 5) is 15.7. The zero-order valence-corrected chi connectivity index (χ0v) is 14.4. The molecule has 2 aliphatic carbocycles. The molecule has 0 N–H and O–H groups in total. The fourth-order valence-electron chi connectivity index (χ4n) is 5.55. The lowest BCUT2D eigenvalue weighted by atomic mass is 9.86. The molecule has 0 bridgehead atoms. The molecule has 0 radical (unpaired) electrons. The predicted octanol–water partition coefficient (Wildman–Crippen LogP) is 4.44. The molecule has 1 saturated carbocycles. The quantitative estimate of drug-likeness (QED) is 0.677. The average molecular weight is 337 g/mol. The molecule has 1 heterocycles. The Morgan fingerprint density at radius 1 is 0.885 bits per heavy atom. The van der Waals surface area contributed by atoms with Gasteiger partial charge >= 0.3 is 0 Å². The molecule has 126 valence electrons. The highest BCUT2D eigenvalue weighted by Crippen LogP contribution is 2.74. The number of benzene rings is 3. The van der Waals surface area contributed by atoms with Crippen LogP contribution in [0.25, 0.3) is 0 Å². The van der Waals surface area contributed by atoms with Crippen LogP contribution in [0.2, 0.25) is 0 Å². The van der Waals surface area contributed by atoms with E-state index in [2.05, 4.69) is 60.7 Å². The number of anilines is 1. The minimum atomic E-state index is -0.320. The van der Waals surface area contributed by atoms with E-state index in [-0.39, 0.29) is 5.41 Å². The number of fused-ring (bicyclic) bond motifs is 7. The zero-order chi connectivity index (χ0) is 17.3. The van der Waals surface area contributed by atoms with Crippen molar-refractivity contribution in [2.45, 2.75) is 24.3 Å². The van der Waals surface area contributed by atoms with Crippen molar-refractivity contribution >= 4 is 11.6 Å². The first kappa shape index (κ1) is 14.3. The molecule has 1 spiro atoms. The molecule has 3 aromatic rings. The van der Waals surface area contributed by atoms with E-state index in [1.807, 2.05) is 23.1 Å². The highest BCUT2D eigenvalue weighted by molar-refractivity contribution is 6.12. The van der Waals surface area contributed by atoms with Crippen LogP contribution in [0.15, 0.2) is 78.9 Å². The van der Waals surface area contributed by atoms with Gasteiger partial charge in [0.2, 0.25) is 5.91 Å². The third kappa shape index (κ3) is 1.60. The molecule has 0 saturated heterocycles. The normalized spacial score (nSPS) is 27.4. The van der Waals surface area contributed by atoms with Gasteiger partial charge in [0.1, 0.15) is 0 Å². The summed E-state index contributed by atoms with van der Waals surface area (Å²) in [6, 6.07) is 27.4. The van der Waals surface area contributed by atoms with Gasteiger partial charge in [-0.1, -0.05) is 72.8 Å². The number of hydrogen-bond acceptors (Lipinski definition) is 1. The molecule has 2 heteroatoms. The molecule has 1 fully saturated rings. The monoisotopic (exact) mass is 337 g/mol. The Balaban J connectivity index is 1.47. The van der Waals surface area contributed by atoms with Gasteiger partial charge in [-0.3, -0.25) is 4.79 Å². The first-order chi connectivity index (χ1) is 12.8. The molecular weight excluding hydrogens is 318 g/mol. The number of carbonyl (C=O) groups is 1. The molecule has 0 aromatic heterocycles. The van der Waals surface area contributed by atoms with Crippen LogP contribution in [-0.2, 0) is 23.2 Å². The van der Waals surface area contributed by atoms with Crippen molar-refractivity contribution in [3.63, 3.8) is 0 Å². The molecule has 1 amide bonds. The van der Waals surface area contributed by atoms with E-state index in [1.54, 1.807) is 0 Å². The van der Waals surface area contributed by atoms with Crippen molar-refractivity contribution in [2.24, 2.45) is 5.92 Å². The van der Waals surface area contributed by atoms with Crippen LogP contribution in [0.5, 0.6) is 0 Å². The maximum Gasteiger partial charge on any atom is 0.238 e. The summed E-state index contributed by atoms with van der Waals surface area (Å²) < 4.78 is 0. The van der Waals surface area contributed by atoms with Gasteiger partial charge in [0, 0.05) is 11.6 Å². The molecule has 2 nitrogen and oxygen atoms in total. The second kappa shape index (κ2) is 4.85. The lowest BCUT2D eigenvalue weighted by Crippen LogP contribution is -2.34. The maximum absolute atomic E-state index is 13.7. The molecule has 1 aliphatic heterocycles. The van der Waals surface area contributed by atoms with Crippen LogP contribution in [0.4, 0.5) is 5.69 Å². The summed E-state index contributed by atoms with van der Waals surface area (Å²) >= 11 is 0. The highest BCUT2D eigenvalue weighted by atomic mass is 16.2. The maximum atomic E-state index is 13.7. The van der Waals surface area contributed by atoms with Crippen molar-refractivity contribution in [3.8, 4) is 0 Å². The standard InChI is InChI=1S/C24H19NO/c26-23-24(20-14-17-10-4-5-11-18(17)22(20)24)19-12-6-7-13-21(19)25(23)15-16-8-2-1-3-9-16/h1-13,20,22H,14-15H2/t20-,22+,24+/m0/s1. The lowest BCUT2D eigenvalue weighted by molar-refractivity contribution is -0.120. The number of para-hydroxylation sites is 1. The summed E-state index contributed by atoms with van der Waals surface area (Å²) in [7, 11) is 0. The summed E-state index contributed by atoms with van der Waals surface area (Å²) in [5.41, 5.74) is 6.03. The van der Waals surface area contributed by atoms with Gasteiger partial charge in [-0.15, -0.1) is 0 Å². The van der Waals surface area contributed by atoms with Gasteiger partial charge in [0.15, 0.2) is 0 Å². The Labute approximate surface area is 153 Å². The van der Waals surface area contributed by atoms with E-state index in [4.69, 9.17) is 0 Å². The van der Waals surface area contributed by atoms with Crippen LogP contribution in [0, 0.1) is 5.92 Å². The van der Waals surface area contributed by atoms with Gasteiger partial charge in [0.25, 0.3) is 0 Å². The van der Waals surface area contributed by atoms with E-state index >= 15 is 0 Å². The molecule has 3 atom stereocenters. The van der Waals surface area contributed by atoms with Gasteiger partial charge < -0.3 is 4.90 Å². The number of nitrogens with zero attached hydrogens (tertiary/aromatic N) is 1. The average Bonchev–Trinajstić information content (AvgIpc) is 3.07. The third-order valence-electron chi connectivity index (χ3n) is 6.62. The number of hydrogen-bond donors (Lipinski definition) is 0. The third-order valence-corrected chi connectivity index (χ3v) is 6.62. The second-order valence-electron chi connectivity index (χ2n) is 7.75. The van der Waals surface area contributed by atoms with Crippen molar-refractivity contribution in [1.29, 1.82) is 0 Å². The number of rotatable bonds is 2. The SMILES string of the molecule is O=C1N(Cc2ccccc2)c2ccccc2[C@@]12[C@@H]1c3ccccc3C[C@@H]12. The lowest BCUT2D eigenvalue weighted by Gasteiger charge is -2.20. The molecular formula is C24H19NO. The number of carbonyl (C=O) groups excluding carboxylic acids is 1. The van der Waals surface area contributed by atoms with E-state index in [1.165, 1.54) is 22.3 Å².